The van der Waals surface area contributed by atoms with E-state index in [-0.39, 0.29) is 0 Å². The van der Waals surface area contributed by atoms with E-state index in [1.807, 2.05) is 0 Å². The van der Waals surface area contributed by atoms with Crippen molar-refractivity contribution in [1.29, 1.82) is 0 Å². The predicted molar refractivity (Wildman–Crippen MR) is 76.0 cm³/mol. The largest absolute Gasteiger partial charge is 0.384 e. The van der Waals surface area contributed by atoms with Crippen LogP contribution in [0.15, 0.2) is 24.3 Å². The Morgan fingerprint density at radius 3 is 3.12 bits per heavy atom. The zero-order valence-electron chi connectivity index (χ0n) is 10.4. The number of likely N-dealkylation sites (N-methyl/N-ethyl adjacent to an activating group) is 1. The lowest BCUT2D eigenvalue weighted by Crippen LogP contribution is -2.35. The Kier molecular flexibility index (Phi) is 3.30. The fourth-order valence-electron chi connectivity index (χ4n) is 2.89. The van der Waals surface area contributed by atoms with E-state index in [1.165, 1.54) is 35.7 Å². The van der Waals surface area contributed by atoms with Crippen LogP contribution < -0.4 is 5.32 Å². The highest BCUT2D eigenvalue weighted by molar-refractivity contribution is 7.99. The first-order valence-corrected chi connectivity index (χ1v) is 7.61. The number of anilines is 1. The minimum atomic E-state index is 0.668. The first kappa shape index (κ1) is 11.4. The van der Waals surface area contributed by atoms with Crippen molar-refractivity contribution in [3.63, 3.8) is 0 Å². The number of benzene rings is 1. The Balaban J connectivity index is 1.66. The third-order valence-electron chi connectivity index (χ3n) is 3.98. The van der Waals surface area contributed by atoms with Crippen LogP contribution in [-0.2, 0) is 0 Å². The third-order valence-corrected chi connectivity index (χ3v) is 5.12. The van der Waals surface area contributed by atoms with Gasteiger partial charge in [0.1, 0.15) is 0 Å². The summed E-state index contributed by atoms with van der Waals surface area (Å²) >= 11 is 2.10. The molecule has 0 aliphatic carbocycles. The summed E-state index contributed by atoms with van der Waals surface area (Å²) in [6.45, 7) is 2.29. The molecule has 0 amide bonds. The SMILES string of the molecule is CN(CC1CNc2ccccc21)C1CCSC1. The monoisotopic (exact) mass is 248 g/mol. The van der Waals surface area contributed by atoms with Gasteiger partial charge in [0.05, 0.1) is 0 Å². The van der Waals surface area contributed by atoms with E-state index < -0.39 is 0 Å². The molecule has 1 fully saturated rings. The number of nitrogens with one attached hydrogen (secondary N) is 1. The summed E-state index contributed by atoms with van der Waals surface area (Å²) in [5.41, 5.74) is 2.84. The molecule has 2 heterocycles. The average molecular weight is 248 g/mol. The van der Waals surface area contributed by atoms with E-state index in [1.54, 1.807) is 0 Å². The van der Waals surface area contributed by atoms with Gasteiger partial charge in [0.15, 0.2) is 0 Å². The van der Waals surface area contributed by atoms with Crippen molar-refractivity contribution < 1.29 is 0 Å². The highest BCUT2D eigenvalue weighted by Crippen LogP contribution is 2.32. The van der Waals surface area contributed by atoms with Crippen LogP contribution in [0.3, 0.4) is 0 Å². The van der Waals surface area contributed by atoms with Crippen molar-refractivity contribution in [2.24, 2.45) is 0 Å². The standard InChI is InChI=1S/C14H20N2S/c1-16(12-6-7-17-10-12)9-11-8-15-14-5-3-2-4-13(11)14/h2-5,11-12,15H,6-10H2,1H3. The maximum atomic E-state index is 3.51. The summed E-state index contributed by atoms with van der Waals surface area (Å²) in [7, 11) is 2.29. The highest BCUT2D eigenvalue weighted by Gasteiger charge is 2.26. The van der Waals surface area contributed by atoms with Crippen LogP contribution in [0.1, 0.15) is 17.9 Å². The minimum Gasteiger partial charge on any atom is -0.384 e. The van der Waals surface area contributed by atoms with Crippen LogP contribution in [0.2, 0.25) is 0 Å². The molecule has 2 aliphatic heterocycles. The Hall–Kier alpha value is -0.670. The van der Waals surface area contributed by atoms with Crippen molar-refractivity contribution in [1.82, 2.24) is 4.90 Å². The second kappa shape index (κ2) is 4.91. The number of hydrogen-bond donors (Lipinski definition) is 1. The molecule has 2 aliphatic rings. The van der Waals surface area contributed by atoms with Crippen LogP contribution in [0.5, 0.6) is 0 Å². The minimum absolute atomic E-state index is 0.668. The van der Waals surface area contributed by atoms with Crippen molar-refractivity contribution in [2.45, 2.75) is 18.4 Å². The molecule has 17 heavy (non-hydrogen) atoms. The molecule has 2 atom stereocenters. The predicted octanol–water partition coefficient (Wildman–Crippen LogP) is 2.63. The summed E-state index contributed by atoms with van der Waals surface area (Å²) in [6, 6.07) is 9.54. The van der Waals surface area contributed by atoms with E-state index in [0.717, 1.165) is 12.6 Å². The maximum absolute atomic E-state index is 3.51. The number of nitrogens with zero attached hydrogens (tertiary/aromatic N) is 1. The topological polar surface area (TPSA) is 15.3 Å². The summed E-state index contributed by atoms with van der Waals surface area (Å²) in [5, 5.41) is 3.51. The fourth-order valence-corrected chi connectivity index (χ4v) is 4.19. The second-order valence-corrected chi connectivity index (χ2v) is 6.27. The molecule has 3 rings (SSSR count). The van der Waals surface area contributed by atoms with E-state index >= 15 is 0 Å². The van der Waals surface area contributed by atoms with Crippen molar-refractivity contribution >= 4 is 17.4 Å². The zero-order valence-corrected chi connectivity index (χ0v) is 11.2. The molecule has 92 valence electrons. The maximum Gasteiger partial charge on any atom is 0.0376 e. The Labute approximate surface area is 108 Å². The summed E-state index contributed by atoms with van der Waals surface area (Å²) in [4.78, 5) is 2.56. The average Bonchev–Trinajstić information content (AvgIpc) is 2.98. The second-order valence-electron chi connectivity index (χ2n) is 5.12. The summed E-state index contributed by atoms with van der Waals surface area (Å²) in [5.74, 6) is 3.33. The Morgan fingerprint density at radius 2 is 2.29 bits per heavy atom. The van der Waals surface area contributed by atoms with Crippen LogP contribution in [0, 0.1) is 0 Å². The van der Waals surface area contributed by atoms with Crippen LogP contribution in [0.25, 0.3) is 0 Å². The number of thioether (sulfide) groups is 1. The molecule has 0 radical (unpaired) electrons. The van der Waals surface area contributed by atoms with Crippen LogP contribution in [-0.4, -0.2) is 42.6 Å². The Morgan fingerprint density at radius 1 is 1.41 bits per heavy atom. The first-order chi connectivity index (χ1) is 8.34. The third kappa shape index (κ3) is 2.31. The fraction of sp³-hybridized carbons (Fsp3) is 0.571. The first-order valence-electron chi connectivity index (χ1n) is 6.45. The molecule has 1 aromatic carbocycles. The van der Waals surface area contributed by atoms with Gasteiger partial charge in [-0.3, -0.25) is 0 Å². The van der Waals surface area contributed by atoms with E-state index in [2.05, 4.69) is 53.3 Å². The van der Waals surface area contributed by atoms with Crippen molar-refractivity contribution in [3.8, 4) is 0 Å². The van der Waals surface area contributed by atoms with E-state index in [0.29, 0.717) is 5.92 Å². The van der Waals surface area contributed by atoms with Gasteiger partial charge in [0.25, 0.3) is 0 Å². The van der Waals surface area contributed by atoms with Gasteiger partial charge in [0, 0.05) is 36.5 Å². The van der Waals surface area contributed by atoms with Crippen LogP contribution in [0.4, 0.5) is 5.69 Å². The summed E-state index contributed by atoms with van der Waals surface area (Å²) in [6.07, 6.45) is 1.36. The molecule has 0 saturated carbocycles. The van der Waals surface area contributed by atoms with Gasteiger partial charge in [-0.25, -0.2) is 0 Å². The summed E-state index contributed by atoms with van der Waals surface area (Å²) < 4.78 is 0. The van der Waals surface area contributed by atoms with Gasteiger partial charge >= 0.3 is 0 Å². The van der Waals surface area contributed by atoms with Gasteiger partial charge in [0.2, 0.25) is 0 Å². The molecule has 1 N–H and O–H groups in total. The molecular weight excluding hydrogens is 228 g/mol. The van der Waals surface area contributed by atoms with Crippen molar-refractivity contribution in [3.05, 3.63) is 29.8 Å². The number of para-hydroxylation sites is 1. The number of hydrogen-bond acceptors (Lipinski definition) is 3. The molecule has 2 unspecified atom stereocenters. The lowest BCUT2D eigenvalue weighted by molar-refractivity contribution is 0.250. The van der Waals surface area contributed by atoms with Crippen LogP contribution >= 0.6 is 11.8 Å². The normalized spacial score (nSPS) is 27.2. The lowest BCUT2D eigenvalue weighted by Gasteiger charge is -2.26. The molecule has 1 aromatic rings. The van der Waals surface area contributed by atoms with Gasteiger partial charge < -0.3 is 10.2 Å². The quantitative estimate of drug-likeness (QED) is 0.885. The van der Waals surface area contributed by atoms with Gasteiger partial charge in [-0.05, 0) is 30.9 Å². The van der Waals surface area contributed by atoms with E-state index in [9.17, 15) is 0 Å². The van der Waals surface area contributed by atoms with Gasteiger partial charge in [-0.15, -0.1) is 0 Å². The lowest BCUT2D eigenvalue weighted by atomic mass is 10.0. The highest BCUT2D eigenvalue weighted by atomic mass is 32.2. The molecule has 0 bridgehead atoms. The smallest absolute Gasteiger partial charge is 0.0376 e. The molecule has 1 saturated heterocycles. The molecule has 0 aromatic heterocycles. The Bertz CT molecular complexity index is 388. The van der Waals surface area contributed by atoms with Crippen molar-refractivity contribution in [2.75, 3.05) is 37.0 Å². The number of rotatable bonds is 3. The molecule has 0 spiro atoms. The van der Waals surface area contributed by atoms with Gasteiger partial charge in [-0.1, -0.05) is 18.2 Å². The molecular formula is C14H20N2S. The molecule has 3 heteroatoms. The van der Waals surface area contributed by atoms with E-state index in [4.69, 9.17) is 0 Å². The number of fused-ring (bicyclic) bond motifs is 1. The van der Waals surface area contributed by atoms with Gasteiger partial charge in [-0.2, -0.15) is 11.8 Å². The molecule has 2 nitrogen and oxygen atoms in total. The zero-order chi connectivity index (χ0) is 11.7.